The van der Waals surface area contributed by atoms with Crippen LogP contribution >= 0.6 is 0 Å². The van der Waals surface area contributed by atoms with E-state index in [9.17, 15) is 9.90 Å². The molecule has 0 spiro atoms. The highest BCUT2D eigenvalue weighted by Crippen LogP contribution is 2.38. The van der Waals surface area contributed by atoms with Crippen LogP contribution in [0.15, 0.2) is 42.4 Å². The van der Waals surface area contributed by atoms with Crippen LogP contribution in [-0.2, 0) is 6.54 Å². The fraction of sp³-hybridized carbons (Fsp3) is 0.176. The molecule has 0 unspecified atom stereocenters. The molecule has 1 aliphatic heterocycles. The van der Waals surface area contributed by atoms with Crippen molar-refractivity contribution in [2.75, 3.05) is 14.1 Å². The Kier molecular flexibility index (Phi) is 3.65. The molecule has 2 heterocycles. The number of Topliss-reactive ketones (excluding diaryl/α,β-unsaturated/α-hetero) is 1. The third-order valence-electron chi connectivity index (χ3n) is 3.43. The van der Waals surface area contributed by atoms with E-state index in [4.69, 9.17) is 4.74 Å². The number of carbonyl (C=O) groups is 1. The zero-order valence-corrected chi connectivity index (χ0v) is 12.5. The number of ketones is 1. The van der Waals surface area contributed by atoms with Crippen LogP contribution in [0.25, 0.3) is 6.08 Å². The fourth-order valence-electron chi connectivity index (χ4n) is 2.43. The summed E-state index contributed by atoms with van der Waals surface area (Å²) >= 11 is 0. The van der Waals surface area contributed by atoms with Gasteiger partial charge in [-0.25, -0.2) is 0 Å². The topological polar surface area (TPSA) is 63.9 Å². The van der Waals surface area contributed by atoms with Gasteiger partial charge in [0.05, 0.1) is 25.2 Å². The average molecular weight is 297 g/mol. The number of fused-ring (bicyclic) bond motifs is 1. The normalized spacial score (nSPS) is 15.2. The minimum atomic E-state index is -0.172. The summed E-state index contributed by atoms with van der Waals surface area (Å²) in [6.07, 6.45) is 5.00. The first-order valence-corrected chi connectivity index (χ1v) is 7.04. The van der Waals surface area contributed by atoms with Gasteiger partial charge >= 0.3 is 0 Å². The SMILES string of the molecule is C[NH+](C)Cc1c(O)ccc2c1O/C(=C\c1cccnc1)C2=O. The predicted molar refractivity (Wildman–Crippen MR) is 81.8 cm³/mol. The Hall–Kier alpha value is -2.66. The molecule has 5 nitrogen and oxygen atoms in total. The summed E-state index contributed by atoms with van der Waals surface area (Å²) in [4.78, 5) is 17.6. The average Bonchev–Trinajstić information content (AvgIpc) is 2.80. The molecular weight excluding hydrogens is 280 g/mol. The lowest BCUT2D eigenvalue weighted by atomic mass is 10.0. The molecule has 0 fully saturated rings. The summed E-state index contributed by atoms with van der Waals surface area (Å²) in [5.74, 6) is 0.689. The molecule has 0 atom stereocenters. The second kappa shape index (κ2) is 5.61. The van der Waals surface area contributed by atoms with Gasteiger partial charge in [0.25, 0.3) is 0 Å². The van der Waals surface area contributed by atoms with Crippen molar-refractivity contribution in [3.05, 3.63) is 59.1 Å². The summed E-state index contributed by atoms with van der Waals surface area (Å²) in [6, 6.07) is 6.80. The van der Waals surface area contributed by atoms with E-state index >= 15 is 0 Å². The minimum absolute atomic E-state index is 0.148. The number of nitrogens with zero attached hydrogens (tertiary/aromatic N) is 1. The third kappa shape index (κ3) is 2.58. The number of hydrogen-bond donors (Lipinski definition) is 2. The van der Waals surface area contributed by atoms with E-state index in [2.05, 4.69) is 4.98 Å². The number of allylic oxidation sites excluding steroid dienone is 1. The first-order valence-electron chi connectivity index (χ1n) is 7.04. The van der Waals surface area contributed by atoms with Crippen molar-refractivity contribution in [2.24, 2.45) is 0 Å². The lowest BCUT2D eigenvalue weighted by Crippen LogP contribution is -3.04. The number of quaternary nitrogens is 1. The van der Waals surface area contributed by atoms with Crippen molar-refractivity contribution in [3.63, 3.8) is 0 Å². The highest BCUT2D eigenvalue weighted by molar-refractivity contribution is 6.14. The van der Waals surface area contributed by atoms with Crippen LogP contribution < -0.4 is 9.64 Å². The molecule has 0 saturated heterocycles. The summed E-state index contributed by atoms with van der Waals surface area (Å²) in [5.41, 5.74) is 1.94. The van der Waals surface area contributed by atoms with Crippen LogP contribution in [0.3, 0.4) is 0 Å². The molecule has 22 heavy (non-hydrogen) atoms. The van der Waals surface area contributed by atoms with Gasteiger partial charge in [-0.1, -0.05) is 6.07 Å². The van der Waals surface area contributed by atoms with Crippen LogP contribution in [0, 0.1) is 0 Å². The number of nitrogens with one attached hydrogen (secondary N) is 1. The number of hydrogen-bond acceptors (Lipinski definition) is 4. The van der Waals surface area contributed by atoms with Gasteiger partial charge in [0.15, 0.2) is 11.5 Å². The predicted octanol–water partition coefficient (Wildman–Crippen LogP) is 1.05. The van der Waals surface area contributed by atoms with E-state index in [0.29, 0.717) is 23.4 Å². The Morgan fingerprint density at radius 2 is 2.14 bits per heavy atom. The van der Waals surface area contributed by atoms with Crippen molar-refractivity contribution >= 4 is 11.9 Å². The summed E-state index contributed by atoms with van der Waals surface area (Å²) in [5, 5.41) is 10.1. The third-order valence-corrected chi connectivity index (χ3v) is 3.43. The van der Waals surface area contributed by atoms with Crippen LogP contribution in [0.2, 0.25) is 0 Å². The van der Waals surface area contributed by atoms with Crippen LogP contribution in [-0.4, -0.2) is 30.0 Å². The molecule has 2 N–H and O–H groups in total. The molecule has 0 radical (unpaired) electrons. The van der Waals surface area contributed by atoms with Gasteiger partial charge in [0, 0.05) is 12.4 Å². The quantitative estimate of drug-likeness (QED) is 0.831. The Morgan fingerprint density at radius 3 is 2.82 bits per heavy atom. The van der Waals surface area contributed by atoms with Gasteiger partial charge < -0.3 is 14.7 Å². The van der Waals surface area contributed by atoms with Gasteiger partial charge in [0.2, 0.25) is 5.78 Å². The molecule has 2 aromatic rings. The van der Waals surface area contributed by atoms with E-state index in [-0.39, 0.29) is 17.3 Å². The first kappa shape index (κ1) is 14.3. The van der Waals surface area contributed by atoms with E-state index in [1.165, 1.54) is 0 Å². The molecule has 5 heteroatoms. The number of benzene rings is 1. The second-order valence-electron chi connectivity index (χ2n) is 5.55. The Bertz CT molecular complexity index is 752. The number of rotatable bonds is 3. The molecule has 0 aliphatic carbocycles. The van der Waals surface area contributed by atoms with Crippen molar-refractivity contribution in [3.8, 4) is 11.5 Å². The van der Waals surface area contributed by atoms with Crippen LogP contribution in [0.4, 0.5) is 0 Å². The number of aromatic nitrogens is 1. The maximum absolute atomic E-state index is 12.4. The molecule has 1 aromatic carbocycles. The van der Waals surface area contributed by atoms with E-state index in [1.54, 1.807) is 36.7 Å². The molecule has 0 saturated carbocycles. The second-order valence-corrected chi connectivity index (χ2v) is 5.55. The van der Waals surface area contributed by atoms with Crippen molar-refractivity contribution < 1.29 is 19.5 Å². The van der Waals surface area contributed by atoms with E-state index in [1.807, 2.05) is 20.2 Å². The monoisotopic (exact) mass is 297 g/mol. The molecule has 3 rings (SSSR count). The molecular formula is C17H17N2O3+. The number of ether oxygens (including phenoxy) is 1. The summed E-state index contributed by atoms with van der Waals surface area (Å²) in [6.45, 7) is 0.572. The first-order chi connectivity index (χ1) is 10.6. The van der Waals surface area contributed by atoms with Crippen LogP contribution in [0.5, 0.6) is 11.5 Å². The molecule has 112 valence electrons. The Morgan fingerprint density at radius 1 is 1.32 bits per heavy atom. The lowest BCUT2D eigenvalue weighted by Gasteiger charge is -2.11. The van der Waals surface area contributed by atoms with Gasteiger partial charge in [-0.05, 0) is 29.8 Å². The molecule has 1 aromatic heterocycles. The maximum Gasteiger partial charge on any atom is 0.231 e. The Balaban J connectivity index is 2.02. The smallest absolute Gasteiger partial charge is 0.231 e. The zero-order chi connectivity index (χ0) is 15.7. The minimum Gasteiger partial charge on any atom is -0.507 e. The number of phenols is 1. The standard InChI is InChI=1S/C17H16N2O3/c1-19(2)10-13-14(20)6-5-12-16(21)15(22-17(12)13)8-11-4-3-7-18-9-11/h3-9,20H,10H2,1-2H3/p+1/b15-8-. The summed E-state index contributed by atoms with van der Waals surface area (Å²) in [7, 11) is 3.95. The van der Waals surface area contributed by atoms with Gasteiger partial charge in [-0.2, -0.15) is 0 Å². The van der Waals surface area contributed by atoms with Gasteiger partial charge in [0.1, 0.15) is 12.3 Å². The largest absolute Gasteiger partial charge is 0.507 e. The van der Waals surface area contributed by atoms with Crippen molar-refractivity contribution in [1.29, 1.82) is 0 Å². The lowest BCUT2D eigenvalue weighted by molar-refractivity contribution is -0.872. The number of carbonyl (C=O) groups excluding carboxylic acids is 1. The molecule has 0 amide bonds. The zero-order valence-electron chi connectivity index (χ0n) is 12.5. The van der Waals surface area contributed by atoms with Gasteiger partial charge in [-0.15, -0.1) is 0 Å². The van der Waals surface area contributed by atoms with Crippen molar-refractivity contribution in [2.45, 2.75) is 6.54 Å². The summed E-state index contributed by atoms with van der Waals surface area (Å²) < 4.78 is 5.75. The number of phenolic OH excluding ortho intramolecular Hbond substituents is 1. The van der Waals surface area contributed by atoms with E-state index in [0.717, 1.165) is 10.5 Å². The van der Waals surface area contributed by atoms with E-state index < -0.39 is 0 Å². The molecule has 0 bridgehead atoms. The highest BCUT2D eigenvalue weighted by atomic mass is 16.5. The maximum atomic E-state index is 12.4. The number of aromatic hydroxyl groups is 1. The van der Waals surface area contributed by atoms with Crippen LogP contribution in [0.1, 0.15) is 21.5 Å². The Labute approximate surface area is 128 Å². The fourth-order valence-corrected chi connectivity index (χ4v) is 2.43. The van der Waals surface area contributed by atoms with Crippen molar-refractivity contribution in [1.82, 2.24) is 4.98 Å². The van der Waals surface area contributed by atoms with Gasteiger partial charge in [-0.3, -0.25) is 9.78 Å². The molecule has 1 aliphatic rings. The highest BCUT2D eigenvalue weighted by Gasteiger charge is 2.31. The number of pyridine rings is 1.